The maximum atomic E-state index is 14.2. The van der Waals surface area contributed by atoms with E-state index in [9.17, 15) is 23.6 Å². The highest BCUT2D eigenvalue weighted by Crippen LogP contribution is 2.23. The second kappa shape index (κ2) is 14.3. The number of carbonyl (C=O) groups is 4. The van der Waals surface area contributed by atoms with Gasteiger partial charge in [-0.2, -0.15) is 5.10 Å². The standard InChI is InChI=1S/C32H40ClFN6O4/c1-20(2)39(18-28(42)35-17-23-7-6-8-26(33)31(23)34)30(44)19-40-27-10-9-22(15-25(27)32(36-40)21(3)41)16-29(43)38(5)24-11-13-37(4)14-12-24/h6-10,15,20,24H,11-14,16-19H2,1-5H3,(H,35,42). The number of rotatable bonds is 11. The van der Waals surface area contributed by atoms with Crippen LogP contribution >= 0.6 is 11.6 Å². The lowest BCUT2D eigenvalue weighted by Crippen LogP contribution is -2.45. The Bertz CT molecular complexity index is 1550. The number of halogens is 2. The Labute approximate surface area is 262 Å². The van der Waals surface area contributed by atoms with Gasteiger partial charge in [-0.3, -0.25) is 23.9 Å². The van der Waals surface area contributed by atoms with Crippen LogP contribution in [0.1, 0.15) is 55.2 Å². The molecular formula is C32H40ClFN6O4. The highest BCUT2D eigenvalue weighted by atomic mass is 35.5. The molecule has 0 atom stereocenters. The van der Waals surface area contributed by atoms with Crippen molar-refractivity contribution in [2.75, 3.05) is 33.7 Å². The fourth-order valence-electron chi connectivity index (χ4n) is 5.47. The third-order valence-electron chi connectivity index (χ3n) is 8.18. The number of piperidine rings is 1. The molecule has 1 aromatic heterocycles. The lowest BCUT2D eigenvalue weighted by molar-refractivity contribution is -0.138. The number of nitrogens with one attached hydrogen (secondary N) is 1. The summed E-state index contributed by atoms with van der Waals surface area (Å²) >= 11 is 5.82. The van der Waals surface area contributed by atoms with Crippen molar-refractivity contribution < 1.29 is 23.6 Å². The van der Waals surface area contributed by atoms with Crippen molar-refractivity contribution in [2.45, 2.75) is 65.2 Å². The molecule has 0 spiro atoms. The number of fused-ring (bicyclic) bond motifs is 1. The average Bonchev–Trinajstić information content (AvgIpc) is 3.34. The Balaban J connectivity index is 1.46. The first kappa shape index (κ1) is 33.1. The Morgan fingerprint density at radius 3 is 2.48 bits per heavy atom. The molecule has 0 bridgehead atoms. The lowest BCUT2D eigenvalue weighted by Gasteiger charge is -2.35. The van der Waals surface area contributed by atoms with Crippen LogP contribution in [-0.2, 0) is 33.9 Å². The largest absolute Gasteiger partial charge is 0.350 e. The second-order valence-electron chi connectivity index (χ2n) is 11.7. The number of hydrogen-bond donors (Lipinski definition) is 1. The average molecular weight is 627 g/mol. The van der Waals surface area contributed by atoms with Gasteiger partial charge in [-0.15, -0.1) is 0 Å². The van der Waals surface area contributed by atoms with Crippen LogP contribution in [0.15, 0.2) is 36.4 Å². The molecule has 0 saturated carbocycles. The molecule has 1 N–H and O–H groups in total. The first-order chi connectivity index (χ1) is 20.8. The van der Waals surface area contributed by atoms with Gasteiger partial charge in [0.05, 0.1) is 23.5 Å². The molecule has 1 saturated heterocycles. The van der Waals surface area contributed by atoms with Crippen molar-refractivity contribution in [1.82, 2.24) is 29.8 Å². The third-order valence-corrected chi connectivity index (χ3v) is 8.48. The fraction of sp³-hybridized carbons (Fsp3) is 0.469. The van der Waals surface area contributed by atoms with E-state index in [1.807, 2.05) is 18.0 Å². The van der Waals surface area contributed by atoms with Crippen LogP contribution in [0.25, 0.3) is 10.9 Å². The van der Waals surface area contributed by atoms with Gasteiger partial charge in [0.15, 0.2) is 5.78 Å². The molecule has 12 heteroatoms. The maximum absolute atomic E-state index is 14.2. The van der Waals surface area contributed by atoms with Crippen molar-refractivity contribution in [1.29, 1.82) is 0 Å². The predicted molar refractivity (Wildman–Crippen MR) is 167 cm³/mol. The Morgan fingerprint density at radius 2 is 1.82 bits per heavy atom. The maximum Gasteiger partial charge on any atom is 0.245 e. The molecule has 1 fully saturated rings. The van der Waals surface area contributed by atoms with E-state index >= 15 is 0 Å². The number of benzene rings is 2. The Kier molecular flexibility index (Phi) is 10.7. The summed E-state index contributed by atoms with van der Waals surface area (Å²) in [6.45, 7) is 6.38. The summed E-state index contributed by atoms with van der Waals surface area (Å²) in [5.41, 5.74) is 1.78. The summed E-state index contributed by atoms with van der Waals surface area (Å²) < 4.78 is 15.7. The van der Waals surface area contributed by atoms with E-state index in [0.717, 1.165) is 31.5 Å². The molecule has 236 valence electrons. The summed E-state index contributed by atoms with van der Waals surface area (Å²) in [4.78, 5) is 57.2. The van der Waals surface area contributed by atoms with Gasteiger partial charge >= 0.3 is 0 Å². The van der Waals surface area contributed by atoms with E-state index in [4.69, 9.17) is 11.6 Å². The highest BCUT2D eigenvalue weighted by Gasteiger charge is 2.26. The van der Waals surface area contributed by atoms with Gasteiger partial charge in [0, 0.05) is 43.5 Å². The molecule has 3 amide bonds. The van der Waals surface area contributed by atoms with E-state index in [1.54, 1.807) is 32.0 Å². The fourth-order valence-corrected chi connectivity index (χ4v) is 5.66. The second-order valence-corrected chi connectivity index (χ2v) is 12.1. The van der Waals surface area contributed by atoms with Gasteiger partial charge < -0.3 is 20.0 Å². The van der Waals surface area contributed by atoms with Gasteiger partial charge in [-0.25, -0.2) is 4.39 Å². The summed E-state index contributed by atoms with van der Waals surface area (Å²) in [6.07, 6.45) is 2.06. The number of aromatic nitrogens is 2. The van der Waals surface area contributed by atoms with Crippen LogP contribution in [0.4, 0.5) is 4.39 Å². The quantitative estimate of drug-likeness (QED) is 0.326. The zero-order valence-corrected chi connectivity index (χ0v) is 26.7. The third kappa shape index (κ3) is 7.81. The van der Waals surface area contributed by atoms with Crippen LogP contribution < -0.4 is 5.32 Å². The summed E-state index contributed by atoms with van der Waals surface area (Å²) in [7, 11) is 3.93. The first-order valence-electron chi connectivity index (χ1n) is 14.8. The summed E-state index contributed by atoms with van der Waals surface area (Å²) in [5, 5.41) is 7.61. The van der Waals surface area contributed by atoms with Crippen LogP contribution in [0.3, 0.4) is 0 Å². The number of hydrogen-bond acceptors (Lipinski definition) is 6. The SMILES string of the molecule is CC(=O)c1nn(CC(=O)N(CC(=O)NCc2cccc(Cl)c2F)C(C)C)c2ccc(CC(=O)N(C)C3CCN(C)CC3)cc12. The summed E-state index contributed by atoms with van der Waals surface area (Å²) in [6, 6.07) is 9.81. The molecule has 2 aromatic carbocycles. The molecule has 44 heavy (non-hydrogen) atoms. The predicted octanol–water partition coefficient (Wildman–Crippen LogP) is 3.68. The monoisotopic (exact) mass is 626 g/mol. The number of likely N-dealkylation sites (N-methyl/N-ethyl adjacent to an activating group) is 1. The van der Waals surface area contributed by atoms with Crippen molar-refractivity contribution in [3.63, 3.8) is 0 Å². The van der Waals surface area contributed by atoms with Gasteiger partial charge in [-0.1, -0.05) is 29.8 Å². The van der Waals surface area contributed by atoms with Crippen LogP contribution in [0.5, 0.6) is 0 Å². The summed E-state index contributed by atoms with van der Waals surface area (Å²) in [5.74, 6) is -1.69. The van der Waals surface area contributed by atoms with Gasteiger partial charge in [0.1, 0.15) is 18.1 Å². The van der Waals surface area contributed by atoms with E-state index in [1.165, 1.54) is 28.6 Å². The zero-order chi connectivity index (χ0) is 32.1. The first-order valence-corrected chi connectivity index (χ1v) is 15.2. The molecule has 0 aliphatic carbocycles. The molecule has 0 unspecified atom stereocenters. The molecule has 1 aliphatic heterocycles. The lowest BCUT2D eigenvalue weighted by atomic mass is 10.0. The van der Waals surface area contributed by atoms with E-state index in [2.05, 4.69) is 22.4 Å². The molecular weight excluding hydrogens is 587 g/mol. The minimum absolute atomic E-state index is 0.00907. The van der Waals surface area contributed by atoms with Crippen molar-refractivity contribution in [3.05, 3.63) is 64.1 Å². The smallest absolute Gasteiger partial charge is 0.245 e. The zero-order valence-electron chi connectivity index (χ0n) is 25.9. The number of nitrogens with zero attached hydrogens (tertiary/aromatic N) is 5. The Morgan fingerprint density at radius 1 is 1.11 bits per heavy atom. The molecule has 3 aromatic rings. The number of likely N-dealkylation sites (tertiary alicyclic amines) is 1. The van der Waals surface area contributed by atoms with E-state index in [0.29, 0.717) is 10.9 Å². The molecule has 4 rings (SSSR count). The topological polar surface area (TPSA) is 108 Å². The number of ketones is 1. The van der Waals surface area contributed by atoms with Crippen LogP contribution in [0, 0.1) is 5.82 Å². The number of amides is 3. The Hall–Kier alpha value is -3.83. The van der Waals surface area contributed by atoms with Gasteiger partial charge in [-0.05, 0) is 70.6 Å². The highest BCUT2D eigenvalue weighted by molar-refractivity contribution is 6.30. The van der Waals surface area contributed by atoms with Crippen LogP contribution in [0.2, 0.25) is 5.02 Å². The van der Waals surface area contributed by atoms with Crippen molar-refractivity contribution in [2.24, 2.45) is 0 Å². The van der Waals surface area contributed by atoms with E-state index in [-0.39, 0.29) is 72.0 Å². The number of carbonyl (C=O) groups excluding carboxylic acids is 4. The molecule has 10 nitrogen and oxygen atoms in total. The molecule has 0 radical (unpaired) electrons. The van der Waals surface area contributed by atoms with Crippen molar-refractivity contribution >= 4 is 46.0 Å². The van der Waals surface area contributed by atoms with Crippen molar-refractivity contribution in [3.8, 4) is 0 Å². The van der Waals surface area contributed by atoms with E-state index < -0.39 is 11.7 Å². The van der Waals surface area contributed by atoms with Crippen LogP contribution in [-0.4, -0.2) is 93.8 Å². The van der Waals surface area contributed by atoms with Gasteiger partial charge in [0.2, 0.25) is 17.7 Å². The molecule has 1 aliphatic rings. The molecule has 2 heterocycles. The van der Waals surface area contributed by atoms with Gasteiger partial charge in [0.25, 0.3) is 0 Å². The minimum Gasteiger partial charge on any atom is -0.350 e. The normalized spacial score (nSPS) is 14.2. The minimum atomic E-state index is -0.602. The number of Topliss-reactive ketones (excluding diaryl/α,β-unsaturated/α-hetero) is 1.